The van der Waals surface area contributed by atoms with Crippen LogP contribution in [0.4, 0.5) is 10.5 Å². The van der Waals surface area contributed by atoms with Crippen molar-refractivity contribution in [2.45, 2.75) is 19.9 Å². The van der Waals surface area contributed by atoms with Crippen molar-refractivity contribution in [1.29, 1.82) is 0 Å². The summed E-state index contributed by atoms with van der Waals surface area (Å²) in [6.07, 6.45) is 0. The van der Waals surface area contributed by atoms with Gasteiger partial charge in [0.2, 0.25) is 0 Å². The van der Waals surface area contributed by atoms with Crippen molar-refractivity contribution in [2.24, 2.45) is 0 Å². The van der Waals surface area contributed by atoms with Crippen molar-refractivity contribution in [3.05, 3.63) is 29.8 Å². The quantitative estimate of drug-likeness (QED) is 0.874. The van der Waals surface area contributed by atoms with Gasteiger partial charge in [-0.15, -0.1) is 0 Å². The lowest BCUT2D eigenvalue weighted by Crippen LogP contribution is -2.47. The molecular weight excluding hydrogens is 272 g/mol. The summed E-state index contributed by atoms with van der Waals surface area (Å²) in [7, 11) is 3.16. The number of methoxy groups -OCH3 is 1. The molecule has 0 bridgehead atoms. The zero-order chi connectivity index (χ0) is 16.0. The standard InChI is InChI=1S/C15H22N2O4/c1-5-17(11(2)10-21-4)15(20)16(3)13-9-7-6-8-12(13)14(18)19/h6-9,11H,5,10H2,1-4H3,(H,18,19). The van der Waals surface area contributed by atoms with Crippen LogP contribution in [-0.2, 0) is 4.74 Å². The number of benzene rings is 1. The Labute approximate surface area is 124 Å². The summed E-state index contributed by atoms with van der Waals surface area (Å²) in [6, 6.07) is 6.10. The molecular formula is C15H22N2O4. The molecule has 1 aromatic rings. The summed E-state index contributed by atoms with van der Waals surface area (Å²) >= 11 is 0. The zero-order valence-corrected chi connectivity index (χ0v) is 12.9. The molecule has 0 aliphatic rings. The van der Waals surface area contributed by atoms with Crippen LogP contribution >= 0.6 is 0 Å². The smallest absolute Gasteiger partial charge is 0.337 e. The Kier molecular flexibility index (Phi) is 6.17. The van der Waals surface area contributed by atoms with Gasteiger partial charge in [0.1, 0.15) is 0 Å². The SMILES string of the molecule is CCN(C(=O)N(C)c1ccccc1C(=O)O)C(C)COC. The van der Waals surface area contributed by atoms with Gasteiger partial charge in [-0.05, 0) is 26.0 Å². The number of hydrogen-bond acceptors (Lipinski definition) is 3. The largest absolute Gasteiger partial charge is 0.478 e. The van der Waals surface area contributed by atoms with Gasteiger partial charge in [0.05, 0.1) is 23.9 Å². The molecule has 0 heterocycles. The van der Waals surface area contributed by atoms with Crippen LogP contribution in [0.1, 0.15) is 24.2 Å². The number of carbonyl (C=O) groups excluding carboxylic acids is 1. The molecule has 0 saturated heterocycles. The molecule has 2 amide bonds. The fourth-order valence-corrected chi connectivity index (χ4v) is 2.21. The predicted molar refractivity (Wildman–Crippen MR) is 80.9 cm³/mol. The highest BCUT2D eigenvalue weighted by Gasteiger charge is 2.25. The lowest BCUT2D eigenvalue weighted by atomic mass is 10.1. The van der Waals surface area contributed by atoms with E-state index in [2.05, 4.69) is 0 Å². The number of nitrogens with zero attached hydrogens (tertiary/aromatic N) is 2. The van der Waals surface area contributed by atoms with E-state index in [0.29, 0.717) is 18.8 Å². The maximum atomic E-state index is 12.6. The van der Waals surface area contributed by atoms with Gasteiger partial charge in [-0.3, -0.25) is 4.90 Å². The van der Waals surface area contributed by atoms with E-state index in [-0.39, 0.29) is 17.6 Å². The zero-order valence-electron chi connectivity index (χ0n) is 12.9. The second-order valence-corrected chi connectivity index (χ2v) is 4.75. The van der Waals surface area contributed by atoms with Crippen LogP contribution in [-0.4, -0.2) is 55.4 Å². The summed E-state index contributed by atoms with van der Waals surface area (Å²) < 4.78 is 5.08. The molecule has 1 rings (SSSR count). The van der Waals surface area contributed by atoms with Crippen molar-refractivity contribution in [3.63, 3.8) is 0 Å². The second-order valence-electron chi connectivity index (χ2n) is 4.75. The van der Waals surface area contributed by atoms with Crippen LogP contribution in [0.2, 0.25) is 0 Å². The third-order valence-electron chi connectivity index (χ3n) is 3.31. The molecule has 6 nitrogen and oxygen atoms in total. The van der Waals surface area contributed by atoms with Gasteiger partial charge in [-0.25, -0.2) is 9.59 Å². The van der Waals surface area contributed by atoms with Crippen molar-refractivity contribution in [1.82, 2.24) is 4.90 Å². The van der Waals surface area contributed by atoms with Gasteiger partial charge < -0.3 is 14.7 Å². The van der Waals surface area contributed by atoms with Crippen molar-refractivity contribution >= 4 is 17.7 Å². The van der Waals surface area contributed by atoms with Gasteiger partial charge in [0, 0.05) is 20.7 Å². The molecule has 0 spiro atoms. The van der Waals surface area contributed by atoms with E-state index in [1.54, 1.807) is 37.3 Å². The van der Waals surface area contributed by atoms with Gasteiger partial charge in [-0.1, -0.05) is 12.1 Å². The van der Waals surface area contributed by atoms with Crippen LogP contribution in [0.3, 0.4) is 0 Å². The Balaban J connectivity index is 3.04. The number of para-hydroxylation sites is 1. The van der Waals surface area contributed by atoms with Crippen LogP contribution in [0.15, 0.2) is 24.3 Å². The Bertz CT molecular complexity index is 504. The number of carboxylic acids is 1. The third kappa shape index (κ3) is 3.95. The first-order chi connectivity index (χ1) is 9.93. The number of aromatic carboxylic acids is 1. The average molecular weight is 294 g/mol. The van der Waals surface area contributed by atoms with E-state index in [9.17, 15) is 14.7 Å². The minimum atomic E-state index is -1.06. The van der Waals surface area contributed by atoms with Crippen LogP contribution in [0.5, 0.6) is 0 Å². The highest BCUT2D eigenvalue weighted by atomic mass is 16.5. The first kappa shape index (κ1) is 17.0. The molecule has 0 saturated carbocycles. The molecule has 116 valence electrons. The molecule has 0 aliphatic carbocycles. The molecule has 0 fully saturated rings. The number of likely N-dealkylation sites (N-methyl/N-ethyl adjacent to an activating group) is 1. The number of carbonyl (C=O) groups is 2. The van der Waals surface area contributed by atoms with E-state index in [1.807, 2.05) is 13.8 Å². The minimum absolute atomic E-state index is 0.0908. The fraction of sp³-hybridized carbons (Fsp3) is 0.467. The number of hydrogen-bond donors (Lipinski definition) is 1. The van der Waals surface area contributed by atoms with E-state index in [1.165, 1.54) is 11.0 Å². The summed E-state index contributed by atoms with van der Waals surface area (Å²) in [5, 5.41) is 9.21. The summed E-state index contributed by atoms with van der Waals surface area (Å²) in [6.45, 7) is 4.71. The van der Waals surface area contributed by atoms with E-state index < -0.39 is 5.97 Å². The lowest BCUT2D eigenvalue weighted by molar-refractivity contribution is 0.0697. The molecule has 21 heavy (non-hydrogen) atoms. The molecule has 0 radical (unpaired) electrons. The van der Waals surface area contributed by atoms with Crippen LogP contribution < -0.4 is 4.90 Å². The predicted octanol–water partition coefficient (Wildman–Crippen LogP) is 2.30. The maximum Gasteiger partial charge on any atom is 0.337 e. The summed E-state index contributed by atoms with van der Waals surface area (Å²) in [5.74, 6) is -1.06. The molecule has 0 aromatic heterocycles. The topological polar surface area (TPSA) is 70.1 Å². The summed E-state index contributed by atoms with van der Waals surface area (Å²) in [4.78, 5) is 26.8. The third-order valence-corrected chi connectivity index (χ3v) is 3.31. The maximum absolute atomic E-state index is 12.6. The number of anilines is 1. The monoisotopic (exact) mass is 294 g/mol. The Hall–Kier alpha value is -2.08. The van der Waals surface area contributed by atoms with Crippen LogP contribution in [0, 0.1) is 0 Å². The molecule has 1 aromatic carbocycles. The van der Waals surface area contributed by atoms with Crippen molar-refractivity contribution < 1.29 is 19.4 Å². The van der Waals surface area contributed by atoms with Crippen molar-refractivity contribution in [3.8, 4) is 0 Å². The van der Waals surface area contributed by atoms with Gasteiger partial charge in [-0.2, -0.15) is 0 Å². The Morgan fingerprint density at radius 3 is 2.48 bits per heavy atom. The number of carboxylic acid groups (broad SMARTS) is 1. The van der Waals surface area contributed by atoms with E-state index in [4.69, 9.17) is 4.74 Å². The fourth-order valence-electron chi connectivity index (χ4n) is 2.21. The highest BCUT2D eigenvalue weighted by molar-refractivity contribution is 6.01. The number of amides is 2. The molecule has 1 N–H and O–H groups in total. The molecule has 0 aliphatic heterocycles. The highest BCUT2D eigenvalue weighted by Crippen LogP contribution is 2.21. The molecule has 6 heteroatoms. The lowest BCUT2D eigenvalue weighted by Gasteiger charge is -2.32. The average Bonchev–Trinajstić information content (AvgIpc) is 2.47. The van der Waals surface area contributed by atoms with E-state index in [0.717, 1.165) is 0 Å². The second kappa shape index (κ2) is 7.64. The van der Waals surface area contributed by atoms with Gasteiger partial charge in [0.25, 0.3) is 0 Å². The first-order valence-electron chi connectivity index (χ1n) is 6.79. The Morgan fingerprint density at radius 2 is 1.95 bits per heavy atom. The number of rotatable bonds is 6. The van der Waals surface area contributed by atoms with E-state index >= 15 is 0 Å². The Morgan fingerprint density at radius 1 is 1.33 bits per heavy atom. The molecule has 1 unspecified atom stereocenters. The normalized spacial score (nSPS) is 11.8. The van der Waals surface area contributed by atoms with Gasteiger partial charge in [0.15, 0.2) is 0 Å². The van der Waals surface area contributed by atoms with Crippen molar-refractivity contribution in [2.75, 3.05) is 32.2 Å². The van der Waals surface area contributed by atoms with Gasteiger partial charge >= 0.3 is 12.0 Å². The summed E-state index contributed by atoms with van der Waals surface area (Å²) in [5.41, 5.74) is 0.474. The number of ether oxygens (including phenoxy) is 1. The number of urea groups is 1. The first-order valence-corrected chi connectivity index (χ1v) is 6.79. The van der Waals surface area contributed by atoms with Crippen LogP contribution in [0.25, 0.3) is 0 Å². The molecule has 1 atom stereocenters. The minimum Gasteiger partial charge on any atom is -0.478 e.